The van der Waals surface area contributed by atoms with Crippen LogP contribution in [-0.2, 0) is 13.6 Å². The molecule has 0 spiro atoms. The van der Waals surface area contributed by atoms with E-state index in [-0.39, 0.29) is 24.0 Å². The highest BCUT2D eigenvalue weighted by molar-refractivity contribution is 14.0. The van der Waals surface area contributed by atoms with E-state index in [9.17, 15) is 0 Å². The molecule has 1 aromatic heterocycles. The van der Waals surface area contributed by atoms with Crippen molar-refractivity contribution in [2.75, 3.05) is 13.1 Å². The van der Waals surface area contributed by atoms with Crippen molar-refractivity contribution in [3.63, 3.8) is 0 Å². The van der Waals surface area contributed by atoms with Crippen LogP contribution in [0.3, 0.4) is 0 Å². The normalized spacial score (nSPS) is 10.6. The van der Waals surface area contributed by atoms with E-state index in [1.54, 1.807) is 10.6 Å². The second-order valence-electron chi connectivity index (χ2n) is 3.59. The molecule has 1 rings (SSSR count). The van der Waals surface area contributed by atoms with Gasteiger partial charge in [-0.2, -0.15) is 0 Å². The summed E-state index contributed by atoms with van der Waals surface area (Å²) >= 11 is 11.9. The predicted molar refractivity (Wildman–Crippen MR) is 92.5 cm³/mol. The fraction of sp³-hybridized carbons (Fsp3) is 0.417. The van der Waals surface area contributed by atoms with Crippen LogP contribution in [-0.4, -0.2) is 23.6 Å². The van der Waals surface area contributed by atoms with Crippen LogP contribution in [0.1, 0.15) is 12.6 Å². The monoisotopic (exact) mass is 414 g/mol. The Balaban J connectivity index is 0.00000324. The molecular formula is C12H17Cl2IN4. The largest absolute Gasteiger partial charge is 0.357 e. The lowest BCUT2D eigenvalue weighted by Crippen LogP contribution is -2.37. The average molecular weight is 415 g/mol. The highest BCUT2D eigenvalue weighted by Gasteiger charge is 2.08. The van der Waals surface area contributed by atoms with E-state index in [1.807, 2.05) is 14.0 Å². The number of aliphatic imine (C=N–C) groups is 1. The molecule has 0 aliphatic heterocycles. The maximum absolute atomic E-state index is 5.98. The van der Waals surface area contributed by atoms with E-state index in [2.05, 4.69) is 21.5 Å². The molecule has 1 aromatic rings. The number of guanidine groups is 1. The minimum Gasteiger partial charge on any atom is -0.357 e. The molecule has 0 radical (unpaired) electrons. The second-order valence-corrected chi connectivity index (χ2v) is 4.35. The molecule has 2 N–H and O–H groups in total. The predicted octanol–water partition coefficient (Wildman–Crippen LogP) is 2.64. The Labute approximate surface area is 141 Å². The molecule has 19 heavy (non-hydrogen) atoms. The summed E-state index contributed by atoms with van der Waals surface area (Å²) in [6.07, 6.45) is 5.19. The molecule has 0 aliphatic carbocycles. The Hall–Kier alpha value is -0.580. The van der Waals surface area contributed by atoms with Crippen molar-refractivity contribution in [2.45, 2.75) is 13.5 Å². The minimum atomic E-state index is 0. The third kappa shape index (κ3) is 5.51. The lowest BCUT2D eigenvalue weighted by molar-refractivity contribution is 0.805. The van der Waals surface area contributed by atoms with E-state index in [4.69, 9.17) is 29.6 Å². The van der Waals surface area contributed by atoms with Gasteiger partial charge in [-0.05, 0) is 13.0 Å². The Morgan fingerprint density at radius 2 is 2.16 bits per heavy atom. The first-order valence-electron chi connectivity index (χ1n) is 5.55. The number of nitrogens with one attached hydrogen (secondary N) is 2. The van der Waals surface area contributed by atoms with Crippen LogP contribution >= 0.6 is 47.2 Å². The number of rotatable bonds is 4. The van der Waals surface area contributed by atoms with Crippen molar-refractivity contribution in [3.05, 3.63) is 21.9 Å². The van der Waals surface area contributed by atoms with Crippen molar-refractivity contribution in [1.29, 1.82) is 0 Å². The number of halogens is 3. The molecule has 0 saturated heterocycles. The molecule has 7 heteroatoms. The average Bonchev–Trinajstić information content (AvgIpc) is 2.60. The van der Waals surface area contributed by atoms with E-state index in [0.717, 1.165) is 12.2 Å². The third-order valence-corrected chi connectivity index (χ3v) is 3.16. The molecule has 0 fully saturated rings. The van der Waals surface area contributed by atoms with Crippen LogP contribution in [0.5, 0.6) is 0 Å². The van der Waals surface area contributed by atoms with Crippen LogP contribution in [0, 0.1) is 12.3 Å². The summed E-state index contributed by atoms with van der Waals surface area (Å²) in [6, 6.07) is 1.80. The molecule has 0 aromatic carbocycles. The lowest BCUT2D eigenvalue weighted by Gasteiger charge is -2.09. The van der Waals surface area contributed by atoms with Gasteiger partial charge in [0.1, 0.15) is 5.15 Å². The fourth-order valence-electron chi connectivity index (χ4n) is 1.38. The van der Waals surface area contributed by atoms with Crippen LogP contribution in [0.25, 0.3) is 0 Å². The Morgan fingerprint density at radius 1 is 1.47 bits per heavy atom. The van der Waals surface area contributed by atoms with Gasteiger partial charge < -0.3 is 15.2 Å². The van der Waals surface area contributed by atoms with E-state index < -0.39 is 0 Å². The van der Waals surface area contributed by atoms with Gasteiger partial charge in [-0.25, -0.2) is 4.99 Å². The second kappa shape index (κ2) is 9.34. The van der Waals surface area contributed by atoms with E-state index in [0.29, 0.717) is 29.2 Å². The van der Waals surface area contributed by atoms with Gasteiger partial charge in [0, 0.05) is 19.3 Å². The lowest BCUT2D eigenvalue weighted by atomic mass is 10.4. The quantitative estimate of drug-likeness (QED) is 0.344. The summed E-state index contributed by atoms with van der Waals surface area (Å²) in [6.45, 7) is 3.66. The molecule has 0 bridgehead atoms. The van der Waals surface area contributed by atoms with Gasteiger partial charge in [0.05, 0.1) is 18.1 Å². The molecule has 0 saturated carbocycles. The van der Waals surface area contributed by atoms with Gasteiger partial charge in [-0.3, -0.25) is 0 Å². The number of nitrogens with zero attached hydrogens (tertiary/aromatic N) is 2. The zero-order chi connectivity index (χ0) is 13.5. The maximum atomic E-state index is 5.98. The molecule has 1 heterocycles. The smallest absolute Gasteiger partial charge is 0.192 e. The number of aromatic nitrogens is 1. The molecular weight excluding hydrogens is 398 g/mol. The van der Waals surface area contributed by atoms with E-state index in [1.165, 1.54) is 0 Å². The van der Waals surface area contributed by atoms with Crippen molar-refractivity contribution >= 4 is 53.1 Å². The Kier molecular flexibility index (Phi) is 9.06. The molecule has 0 unspecified atom stereocenters. The number of terminal acetylenes is 1. The van der Waals surface area contributed by atoms with Gasteiger partial charge in [-0.1, -0.05) is 29.1 Å². The van der Waals surface area contributed by atoms with Gasteiger partial charge in [0.2, 0.25) is 0 Å². The Bertz CT molecular complexity index is 477. The topological polar surface area (TPSA) is 41.4 Å². The first-order chi connectivity index (χ1) is 8.60. The third-order valence-electron chi connectivity index (χ3n) is 2.32. The fourth-order valence-corrected chi connectivity index (χ4v) is 1.79. The van der Waals surface area contributed by atoms with Crippen molar-refractivity contribution < 1.29 is 0 Å². The molecule has 4 nitrogen and oxygen atoms in total. The standard InChI is InChI=1S/C12H16Cl2N4.HI/c1-4-6-16-12(15-5-2)17-8-9-7-10(13)11(14)18(9)3;/h1,7H,5-6,8H2,2-3H3,(H2,15,16,17);1H. The molecule has 106 valence electrons. The molecule has 0 amide bonds. The first kappa shape index (κ1) is 18.4. The van der Waals surface area contributed by atoms with Gasteiger partial charge >= 0.3 is 0 Å². The Morgan fingerprint density at radius 3 is 2.63 bits per heavy atom. The summed E-state index contributed by atoms with van der Waals surface area (Å²) in [5.74, 6) is 3.17. The summed E-state index contributed by atoms with van der Waals surface area (Å²) in [5, 5.41) is 7.16. The van der Waals surface area contributed by atoms with Crippen molar-refractivity contribution in [3.8, 4) is 12.3 Å². The van der Waals surface area contributed by atoms with Crippen LogP contribution < -0.4 is 10.6 Å². The van der Waals surface area contributed by atoms with Crippen LogP contribution in [0.2, 0.25) is 10.2 Å². The zero-order valence-electron chi connectivity index (χ0n) is 10.8. The summed E-state index contributed by atoms with van der Waals surface area (Å²) in [7, 11) is 1.85. The highest BCUT2D eigenvalue weighted by Crippen LogP contribution is 2.25. The maximum Gasteiger partial charge on any atom is 0.192 e. The molecule has 0 aliphatic rings. The first-order valence-corrected chi connectivity index (χ1v) is 6.31. The summed E-state index contributed by atoms with van der Waals surface area (Å²) < 4.78 is 1.80. The number of hydrogen-bond donors (Lipinski definition) is 2. The highest BCUT2D eigenvalue weighted by atomic mass is 127. The van der Waals surface area contributed by atoms with Gasteiger partial charge in [-0.15, -0.1) is 30.4 Å². The zero-order valence-corrected chi connectivity index (χ0v) is 14.7. The van der Waals surface area contributed by atoms with Gasteiger partial charge in [0.25, 0.3) is 0 Å². The minimum absolute atomic E-state index is 0. The van der Waals surface area contributed by atoms with Crippen LogP contribution in [0.15, 0.2) is 11.1 Å². The van der Waals surface area contributed by atoms with Crippen molar-refractivity contribution in [2.24, 2.45) is 12.0 Å². The summed E-state index contributed by atoms with van der Waals surface area (Å²) in [4.78, 5) is 4.40. The summed E-state index contributed by atoms with van der Waals surface area (Å²) in [5.41, 5.74) is 0.933. The van der Waals surface area contributed by atoms with Crippen molar-refractivity contribution in [1.82, 2.24) is 15.2 Å². The molecule has 0 atom stereocenters. The van der Waals surface area contributed by atoms with Gasteiger partial charge in [0.15, 0.2) is 5.96 Å². The van der Waals surface area contributed by atoms with Crippen LogP contribution in [0.4, 0.5) is 0 Å². The number of hydrogen-bond acceptors (Lipinski definition) is 1. The SMILES string of the molecule is C#CCNC(=NCc1cc(Cl)c(Cl)n1C)NCC.I. The van der Waals surface area contributed by atoms with E-state index >= 15 is 0 Å².